The molecule has 2 rings (SSSR count). The number of benzene rings is 1. The maximum atomic E-state index is 6.02. The molecular weight excluding hydrogens is 388 g/mol. The molecule has 0 spiro atoms. The van der Waals surface area contributed by atoms with E-state index in [9.17, 15) is 0 Å². The molecule has 0 fully saturated rings. The van der Waals surface area contributed by atoms with Gasteiger partial charge in [0.05, 0.1) is 10.0 Å². The number of rotatable bonds is 4. The Morgan fingerprint density at radius 3 is 2.53 bits per heavy atom. The van der Waals surface area contributed by atoms with Crippen LogP contribution in [0.4, 0.5) is 0 Å². The summed E-state index contributed by atoms with van der Waals surface area (Å²) in [6, 6.07) is 7.90. The molecule has 0 aliphatic rings. The summed E-state index contributed by atoms with van der Waals surface area (Å²) in [5, 5.41) is 4.59. The van der Waals surface area contributed by atoms with Gasteiger partial charge in [-0.05, 0) is 46.6 Å². The van der Waals surface area contributed by atoms with Crippen molar-refractivity contribution < 1.29 is 0 Å². The van der Waals surface area contributed by atoms with Gasteiger partial charge in [0.2, 0.25) is 0 Å². The highest BCUT2D eigenvalue weighted by molar-refractivity contribution is 9.10. The van der Waals surface area contributed by atoms with E-state index in [1.54, 1.807) is 11.3 Å². The van der Waals surface area contributed by atoms with Gasteiger partial charge in [0.15, 0.2) is 0 Å². The molecule has 0 saturated heterocycles. The van der Waals surface area contributed by atoms with E-state index in [0.717, 1.165) is 20.9 Å². The summed E-state index contributed by atoms with van der Waals surface area (Å²) in [4.78, 5) is 1.18. The standard InChI is InChI=1S/C13H11BrCl3NS/c1-7(8-2-3-11(15)12(16)4-8)18-6-9-5-10(14)13(17)19-9/h2-5,7,18H,6H2,1H3. The minimum absolute atomic E-state index is 0.189. The fraction of sp³-hybridized carbons (Fsp3) is 0.231. The van der Waals surface area contributed by atoms with Gasteiger partial charge < -0.3 is 5.32 Å². The van der Waals surface area contributed by atoms with Gasteiger partial charge in [0.25, 0.3) is 0 Å². The molecule has 0 bridgehead atoms. The average Bonchev–Trinajstić information content (AvgIpc) is 2.69. The van der Waals surface area contributed by atoms with Crippen molar-refractivity contribution in [1.82, 2.24) is 5.32 Å². The Balaban J connectivity index is 2.00. The molecule has 1 atom stereocenters. The molecule has 1 aromatic heterocycles. The van der Waals surface area contributed by atoms with E-state index in [4.69, 9.17) is 34.8 Å². The van der Waals surface area contributed by atoms with E-state index >= 15 is 0 Å². The Morgan fingerprint density at radius 1 is 1.21 bits per heavy atom. The summed E-state index contributed by atoms with van der Waals surface area (Å²) in [5.41, 5.74) is 1.11. The SMILES string of the molecule is CC(NCc1cc(Br)c(Cl)s1)c1ccc(Cl)c(Cl)c1. The fourth-order valence-corrected chi connectivity index (χ4v) is 3.68. The van der Waals surface area contributed by atoms with Crippen molar-refractivity contribution in [3.8, 4) is 0 Å². The number of thiophene rings is 1. The molecule has 19 heavy (non-hydrogen) atoms. The summed E-state index contributed by atoms with van der Waals surface area (Å²) < 4.78 is 1.72. The van der Waals surface area contributed by atoms with E-state index in [1.807, 2.05) is 24.3 Å². The van der Waals surface area contributed by atoms with Crippen LogP contribution in [0.2, 0.25) is 14.4 Å². The van der Waals surface area contributed by atoms with Crippen LogP contribution in [0.5, 0.6) is 0 Å². The van der Waals surface area contributed by atoms with E-state index in [-0.39, 0.29) is 6.04 Å². The lowest BCUT2D eigenvalue weighted by molar-refractivity contribution is 0.579. The molecule has 0 radical (unpaired) electrons. The minimum atomic E-state index is 0.189. The molecule has 0 saturated carbocycles. The quantitative estimate of drug-likeness (QED) is 0.634. The first kappa shape index (κ1) is 15.6. The van der Waals surface area contributed by atoms with Crippen LogP contribution in [0.15, 0.2) is 28.7 Å². The number of hydrogen-bond acceptors (Lipinski definition) is 2. The highest BCUT2D eigenvalue weighted by Crippen LogP contribution is 2.32. The van der Waals surface area contributed by atoms with E-state index in [1.165, 1.54) is 4.88 Å². The Hall–Kier alpha value is 0.230. The smallest absolute Gasteiger partial charge is 0.107 e. The zero-order chi connectivity index (χ0) is 14.0. The van der Waals surface area contributed by atoms with Crippen molar-refractivity contribution in [3.63, 3.8) is 0 Å². The predicted octanol–water partition coefficient (Wildman–Crippen LogP) is 6.32. The predicted molar refractivity (Wildman–Crippen MR) is 88.7 cm³/mol. The summed E-state index contributed by atoms with van der Waals surface area (Å²) in [5.74, 6) is 0. The van der Waals surface area contributed by atoms with Gasteiger partial charge in [-0.25, -0.2) is 0 Å². The third-order valence-corrected chi connectivity index (χ3v) is 5.94. The molecule has 1 unspecified atom stereocenters. The van der Waals surface area contributed by atoms with Crippen LogP contribution in [0.1, 0.15) is 23.4 Å². The number of nitrogens with one attached hydrogen (secondary N) is 1. The summed E-state index contributed by atoms with van der Waals surface area (Å²) >= 11 is 22.9. The summed E-state index contributed by atoms with van der Waals surface area (Å²) in [7, 11) is 0. The Labute approximate surface area is 140 Å². The van der Waals surface area contributed by atoms with Crippen molar-refractivity contribution in [1.29, 1.82) is 0 Å². The lowest BCUT2D eigenvalue weighted by atomic mass is 10.1. The first-order valence-corrected chi connectivity index (χ1v) is 8.33. The van der Waals surface area contributed by atoms with E-state index in [0.29, 0.717) is 10.0 Å². The maximum Gasteiger partial charge on any atom is 0.107 e. The van der Waals surface area contributed by atoms with Crippen LogP contribution < -0.4 is 5.32 Å². The summed E-state index contributed by atoms with van der Waals surface area (Å²) in [6.07, 6.45) is 0. The molecule has 1 heterocycles. The van der Waals surface area contributed by atoms with Gasteiger partial charge in [0, 0.05) is 21.9 Å². The van der Waals surface area contributed by atoms with Crippen molar-refractivity contribution in [2.24, 2.45) is 0 Å². The molecule has 2 aromatic rings. The monoisotopic (exact) mass is 397 g/mol. The number of halogens is 4. The Kier molecular flexibility index (Phi) is 5.58. The summed E-state index contributed by atoms with van der Waals surface area (Å²) in [6.45, 7) is 2.85. The Morgan fingerprint density at radius 2 is 1.95 bits per heavy atom. The molecule has 1 N–H and O–H groups in total. The van der Waals surface area contributed by atoms with Gasteiger partial charge in [-0.3, -0.25) is 0 Å². The van der Waals surface area contributed by atoms with Crippen molar-refractivity contribution >= 4 is 62.1 Å². The maximum absolute atomic E-state index is 6.02. The highest BCUT2D eigenvalue weighted by atomic mass is 79.9. The van der Waals surface area contributed by atoms with Crippen LogP contribution in [0, 0.1) is 0 Å². The van der Waals surface area contributed by atoms with Gasteiger partial charge in [-0.15, -0.1) is 11.3 Å². The molecule has 1 nitrogen and oxygen atoms in total. The van der Waals surface area contributed by atoms with Crippen LogP contribution in [0.3, 0.4) is 0 Å². The van der Waals surface area contributed by atoms with E-state index in [2.05, 4.69) is 28.2 Å². The van der Waals surface area contributed by atoms with Gasteiger partial charge in [-0.1, -0.05) is 40.9 Å². The van der Waals surface area contributed by atoms with Crippen molar-refractivity contribution in [2.45, 2.75) is 19.5 Å². The van der Waals surface area contributed by atoms with Gasteiger partial charge in [0.1, 0.15) is 4.34 Å². The van der Waals surface area contributed by atoms with Gasteiger partial charge in [-0.2, -0.15) is 0 Å². The topological polar surface area (TPSA) is 12.0 Å². The molecular formula is C13H11BrCl3NS. The van der Waals surface area contributed by atoms with E-state index < -0.39 is 0 Å². The fourth-order valence-electron chi connectivity index (χ4n) is 1.63. The third-order valence-electron chi connectivity index (χ3n) is 2.72. The Bertz CT molecular complexity index is 566. The van der Waals surface area contributed by atoms with Gasteiger partial charge >= 0.3 is 0 Å². The highest BCUT2D eigenvalue weighted by Gasteiger charge is 2.09. The second kappa shape index (κ2) is 6.79. The zero-order valence-corrected chi connectivity index (χ0v) is 14.7. The minimum Gasteiger partial charge on any atom is -0.305 e. The van der Waals surface area contributed by atoms with Crippen LogP contribution >= 0.6 is 62.1 Å². The molecule has 1 aromatic carbocycles. The molecule has 0 aliphatic carbocycles. The first-order chi connectivity index (χ1) is 8.97. The molecule has 102 valence electrons. The zero-order valence-electron chi connectivity index (χ0n) is 10.0. The number of hydrogen-bond donors (Lipinski definition) is 1. The third kappa shape index (κ3) is 4.10. The molecule has 6 heteroatoms. The normalized spacial score (nSPS) is 12.7. The largest absolute Gasteiger partial charge is 0.305 e. The van der Waals surface area contributed by atoms with Crippen LogP contribution in [-0.2, 0) is 6.54 Å². The lowest BCUT2D eigenvalue weighted by Gasteiger charge is -2.14. The van der Waals surface area contributed by atoms with Crippen LogP contribution in [-0.4, -0.2) is 0 Å². The second-order valence-electron chi connectivity index (χ2n) is 4.11. The van der Waals surface area contributed by atoms with Crippen molar-refractivity contribution in [2.75, 3.05) is 0 Å². The molecule has 0 aliphatic heterocycles. The average molecular weight is 400 g/mol. The lowest BCUT2D eigenvalue weighted by Crippen LogP contribution is -2.17. The van der Waals surface area contributed by atoms with Crippen molar-refractivity contribution in [3.05, 3.63) is 53.6 Å². The first-order valence-electron chi connectivity index (χ1n) is 5.59. The second-order valence-corrected chi connectivity index (χ2v) is 7.52. The van der Waals surface area contributed by atoms with Crippen LogP contribution in [0.25, 0.3) is 0 Å². The molecule has 0 amide bonds.